The van der Waals surface area contributed by atoms with Crippen LogP contribution in [0.1, 0.15) is 17.3 Å². The van der Waals surface area contributed by atoms with Gasteiger partial charge in [-0.25, -0.2) is 13.2 Å². The van der Waals surface area contributed by atoms with Gasteiger partial charge in [0.2, 0.25) is 0 Å². The first-order valence-electron chi connectivity index (χ1n) is 7.16. The second-order valence-electron chi connectivity index (χ2n) is 5.73. The van der Waals surface area contributed by atoms with Crippen molar-refractivity contribution in [2.24, 2.45) is 0 Å². The number of benzene rings is 1. The maximum atomic E-state index is 12.6. The number of carboxylic acids is 1. The number of nitrogens with zero attached hydrogens (tertiary/aromatic N) is 2. The average Bonchev–Trinajstić information content (AvgIpc) is 2.52. The molecule has 1 aliphatic heterocycles. The van der Waals surface area contributed by atoms with Gasteiger partial charge < -0.3 is 14.7 Å². The van der Waals surface area contributed by atoms with Gasteiger partial charge in [-0.3, -0.25) is 14.9 Å². The van der Waals surface area contributed by atoms with E-state index in [1.807, 2.05) is 0 Å². The van der Waals surface area contributed by atoms with Gasteiger partial charge in [0.25, 0.3) is 11.6 Å². The van der Waals surface area contributed by atoms with Crippen LogP contribution in [0.3, 0.4) is 0 Å². The third kappa shape index (κ3) is 4.31. The highest BCUT2D eigenvalue weighted by Crippen LogP contribution is 2.23. The van der Waals surface area contributed by atoms with Crippen LogP contribution >= 0.6 is 0 Å². The van der Waals surface area contributed by atoms with Crippen LogP contribution in [0.4, 0.5) is 5.69 Å². The molecule has 1 aliphatic rings. The first-order valence-corrected chi connectivity index (χ1v) is 9.05. The highest BCUT2D eigenvalue weighted by Gasteiger charge is 2.33. The standard InChI is InChI=1S/C14H16N2O8S/c1-8-6-15(7-12(24-8)14(18)19)13(17)9-3-10(16(20)21)5-11(4-9)25(2,22)23/h3-5,8,12H,6-7H2,1-2H3,(H,18,19)/t8-,12?/m1/s1. The van der Waals surface area contributed by atoms with Crippen LogP contribution in [-0.4, -0.2) is 66.8 Å². The lowest BCUT2D eigenvalue weighted by Crippen LogP contribution is -2.51. The molecule has 0 radical (unpaired) electrons. The molecule has 1 unspecified atom stereocenters. The maximum absolute atomic E-state index is 12.6. The lowest BCUT2D eigenvalue weighted by Gasteiger charge is -2.35. The number of aliphatic carboxylic acids is 1. The topological polar surface area (TPSA) is 144 Å². The van der Waals surface area contributed by atoms with Crippen LogP contribution in [0, 0.1) is 10.1 Å². The number of amides is 1. The van der Waals surface area contributed by atoms with Gasteiger partial charge in [-0.15, -0.1) is 0 Å². The number of carbonyl (C=O) groups excluding carboxylic acids is 1. The number of ether oxygens (including phenoxy) is 1. The largest absolute Gasteiger partial charge is 0.479 e. The summed E-state index contributed by atoms with van der Waals surface area (Å²) in [7, 11) is -3.77. The van der Waals surface area contributed by atoms with Gasteiger partial charge in [0, 0.05) is 30.5 Å². The van der Waals surface area contributed by atoms with Crippen LogP contribution in [0.25, 0.3) is 0 Å². The summed E-state index contributed by atoms with van der Waals surface area (Å²) in [6.07, 6.45) is -0.898. The zero-order valence-electron chi connectivity index (χ0n) is 13.4. The number of carbonyl (C=O) groups is 2. The molecule has 10 nitrogen and oxygen atoms in total. The number of rotatable bonds is 4. The van der Waals surface area contributed by atoms with E-state index in [9.17, 15) is 28.1 Å². The minimum absolute atomic E-state index is 0.0829. The lowest BCUT2D eigenvalue weighted by molar-refractivity contribution is -0.385. The number of hydrogen-bond donors (Lipinski definition) is 1. The number of hydrogen-bond acceptors (Lipinski definition) is 7. The molecule has 0 aromatic heterocycles. The summed E-state index contributed by atoms with van der Waals surface area (Å²) >= 11 is 0. The quantitative estimate of drug-likeness (QED) is 0.587. The summed E-state index contributed by atoms with van der Waals surface area (Å²) in [5.74, 6) is -1.93. The van der Waals surface area contributed by atoms with E-state index < -0.39 is 44.5 Å². The number of sulfone groups is 1. The highest BCUT2D eigenvalue weighted by atomic mass is 32.2. The number of morpholine rings is 1. The highest BCUT2D eigenvalue weighted by molar-refractivity contribution is 7.90. The Kier molecular flexibility index (Phi) is 5.09. The van der Waals surface area contributed by atoms with Gasteiger partial charge in [-0.2, -0.15) is 0 Å². The summed E-state index contributed by atoms with van der Waals surface area (Å²) in [6.45, 7) is 1.43. The van der Waals surface area contributed by atoms with E-state index >= 15 is 0 Å². The maximum Gasteiger partial charge on any atom is 0.334 e. The van der Waals surface area contributed by atoms with Crippen LogP contribution < -0.4 is 0 Å². The lowest BCUT2D eigenvalue weighted by atomic mass is 10.1. The van der Waals surface area contributed by atoms with Gasteiger partial charge >= 0.3 is 5.97 Å². The van der Waals surface area contributed by atoms with Crippen LogP contribution in [0.15, 0.2) is 23.1 Å². The first-order chi connectivity index (χ1) is 11.5. The molecule has 2 rings (SSSR count). The fraction of sp³-hybridized carbons (Fsp3) is 0.429. The van der Waals surface area contributed by atoms with E-state index in [1.54, 1.807) is 6.92 Å². The van der Waals surface area contributed by atoms with Crippen molar-refractivity contribution in [3.8, 4) is 0 Å². The second-order valence-corrected chi connectivity index (χ2v) is 7.74. The van der Waals surface area contributed by atoms with Gasteiger partial charge in [0.1, 0.15) is 0 Å². The van der Waals surface area contributed by atoms with Crippen molar-refractivity contribution in [2.75, 3.05) is 19.3 Å². The Morgan fingerprint density at radius 2 is 1.96 bits per heavy atom. The molecule has 1 fully saturated rings. The van der Waals surface area contributed by atoms with E-state index in [4.69, 9.17) is 9.84 Å². The molecule has 1 N–H and O–H groups in total. The normalized spacial score (nSPS) is 21.0. The molecule has 0 bridgehead atoms. The van der Waals surface area contributed by atoms with Crippen LogP contribution in [0.5, 0.6) is 0 Å². The summed E-state index contributed by atoms with van der Waals surface area (Å²) in [5, 5.41) is 20.1. The molecule has 0 saturated carbocycles. The van der Waals surface area contributed by atoms with Crippen LogP contribution in [0.2, 0.25) is 0 Å². The van der Waals surface area contributed by atoms with Crippen molar-refractivity contribution >= 4 is 27.4 Å². The Balaban J connectivity index is 2.42. The molecule has 1 aromatic carbocycles. The predicted molar refractivity (Wildman–Crippen MR) is 84.1 cm³/mol. The Bertz CT molecular complexity index is 835. The van der Waals surface area contributed by atoms with Crippen molar-refractivity contribution in [1.29, 1.82) is 0 Å². The SMILES string of the molecule is C[C@@H]1CN(C(=O)c2cc([N+](=O)[O-])cc(S(C)(=O)=O)c2)CC(C(=O)O)O1. The summed E-state index contributed by atoms with van der Waals surface area (Å²) < 4.78 is 28.6. The Morgan fingerprint density at radius 1 is 1.32 bits per heavy atom. The van der Waals surface area contributed by atoms with E-state index in [1.165, 1.54) is 4.90 Å². The number of nitro benzene ring substituents is 1. The number of non-ortho nitro benzene ring substituents is 1. The van der Waals surface area contributed by atoms with Crippen LogP contribution in [-0.2, 0) is 19.4 Å². The Hall–Kier alpha value is -2.53. The molecule has 25 heavy (non-hydrogen) atoms. The smallest absolute Gasteiger partial charge is 0.334 e. The zero-order chi connectivity index (χ0) is 18.9. The van der Waals surface area contributed by atoms with Crippen molar-refractivity contribution in [3.63, 3.8) is 0 Å². The average molecular weight is 372 g/mol. The Labute approximate surface area is 143 Å². The Morgan fingerprint density at radius 3 is 2.48 bits per heavy atom. The van der Waals surface area contributed by atoms with Crippen molar-refractivity contribution in [3.05, 3.63) is 33.9 Å². The van der Waals surface area contributed by atoms with Crippen molar-refractivity contribution in [2.45, 2.75) is 24.0 Å². The monoisotopic (exact) mass is 372 g/mol. The first kappa shape index (κ1) is 18.8. The fourth-order valence-corrected chi connectivity index (χ4v) is 3.14. The molecule has 136 valence electrons. The third-order valence-corrected chi connectivity index (χ3v) is 4.69. The van der Waals surface area contributed by atoms with Crippen molar-refractivity contribution < 1.29 is 32.8 Å². The molecule has 1 aromatic rings. The van der Waals surface area contributed by atoms with Gasteiger partial charge in [-0.05, 0) is 13.0 Å². The predicted octanol–water partition coefficient (Wildman–Crippen LogP) is 0.312. The van der Waals surface area contributed by atoms with Gasteiger partial charge in [-0.1, -0.05) is 0 Å². The minimum atomic E-state index is -3.77. The van der Waals surface area contributed by atoms with Crippen molar-refractivity contribution in [1.82, 2.24) is 4.90 Å². The second kappa shape index (κ2) is 6.76. The molecule has 1 amide bonds. The van der Waals surface area contributed by atoms with E-state index in [0.717, 1.165) is 24.5 Å². The molecule has 1 saturated heterocycles. The van der Waals surface area contributed by atoms with E-state index in [-0.39, 0.29) is 23.5 Å². The number of nitro groups is 1. The van der Waals surface area contributed by atoms with E-state index in [2.05, 4.69) is 0 Å². The molecule has 1 heterocycles. The third-order valence-electron chi connectivity index (χ3n) is 3.60. The van der Waals surface area contributed by atoms with Gasteiger partial charge in [0.05, 0.1) is 22.5 Å². The zero-order valence-corrected chi connectivity index (χ0v) is 14.2. The molecular weight excluding hydrogens is 356 g/mol. The van der Waals surface area contributed by atoms with Gasteiger partial charge in [0.15, 0.2) is 15.9 Å². The summed E-state index contributed by atoms with van der Waals surface area (Å²) in [4.78, 5) is 34.8. The molecule has 0 spiro atoms. The molecular formula is C14H16N2O8S. The molecule has 11 heteroatoms. The number of carboxylic acid groups (broad SMARTS) is 1. The fourth-order valence-electron chi connectivity index (χ4n) is 2.46. The summed E-state index contributed by atoms with van der Waals surface area (Å²) in [6, 6.07) is 2.88. The minimum Gasteiger partial charge on any atom is -0.479 e. The van der Waals surface area contributed by atoms with E-state index in [0.29, 0.717) is 0 Å². The summed E-state index contributed by atoms with van der Waals surface area (Å²) in [5.41, 5.74) is -0.741. The molecule has 0 aliphatic carbocycles. The molecule has 2 atom stereocenters.